The highest BCUT2D eigenvalue weighted by Gasteiger charge is 2.24. The third kappa shape index (κ3) is 3.04. The van der Waals surface area contributed by atoms with Crippen molar-refractivity contribution in [3.05, 3.63) is 64.7 Å². The van der Waals surface area contributed by atoms with Crippen LogP contribution in [0.5, 0.6) is 5.75 Å². The van der Waals surface area contributed by atoms with Gasteiger partial charge in [-0.25, -0.2) is 4.98 Å². The molecule has 0 radical (unpaired) electrons. The average molecular weight is 350 g/mol. The van der Waals surface area contributed by atoms with E-state index >= 15 is 0 Å². The molecule has 0 saturated carbocycles. The molecule has 2 heterocycles. The summed E-state index contributed by atoms with van der Waals surface area (Å²) in [5.41, 5.74) is 1.51. The molecule has 2 N–H and O–H groups in total. The van der Waals surface area contributed by atoms with Gasteiger partial charge in [0.05, 0.1) is 22.6 Å². The van der Waals surface area contributed by atoms with E-state index in [1.807, 2.05) is 36.4 Å². The van der Waals surface area contributed by atoms with Gasteiger partial charge in [0.1, 0.15) is 11.6 Å². The molecule has 1 aliphatic heterocycles. The van der Waals surface area contributed by atoms with Crippen molar-refractivity contribution in [3.8, 4) is 5.75 Å². The first-order valence-electron chi connectivity index (χ1n) is 8.89. The maximum Gasteiger partial charge on any atom is 0.258 e. The van der Waals surface area contributed by atoms with Gasteiger partial charge in [0.25, 0.3) is 5.56 Å². The second kappa shape index (κ2) is 6.80. The van der Waals surface area contributed by atoms with Crippen LogP contribution in [0.2, 0.25) is 0 Å². The number of H-pyrrole nitrogens is 1. The molecule has 2 aromatic carbocycles. The van der Waals surface area contributed by atoms with Gasteiger partial charge in [-0.1, -0.05) is 24.3 Å². The lowest BCUT2D eigenvalue weighted by atomic mass is 10.1. The quantitative estimate of drug-likeness (QED) is 0.759. The fourth-order valence-corrected chi connectivity index (χ4v) is 3.56. The van der Waals surface area contributed by atoms with Crippen LogP contribution in [0.25, 0.3) is 10.9 Å². The standard InChI is InChI=1S/C20H22N4O2/c1-14(19-21-16-7-3-2-6-15(16)20(26)22-19)23-10-12-24(13-11-23)17-8-4-5-9-18(17)25/h2-9,14,25H,10-13H2,1H3,(H,21,22,26). The topological polar surface area (TPSA) is 72.5 Å². The first-order chi connectivity index (χ1) is 12.6. The van der Waals surface area contributed by atoms with E-state index in [-0.39, 0.29) is 11.6 Å². The predicted molar refractivity (Wildman–Crippen MR) is 103 cm³/mol. The van der Waals surface area contributed by atoms with Gasteiger partial charge in [-0.05, 0) is 31.2 Å². The number of aromatic hydroxyl groups is 1. The minimum absolute atomic E-state index is 0.0267. The number of phenolic OH excluding ortho intramolecular Hbond substituents is 1. The van der Waals surface area contributed by atoms with Crippen LogP contribution in [0.3, 0.4) is 0 Å². The summed E-state index contributed by atoms with van der Waals surface area (Å²) in [5.74, 6) is 1.01. The third-order valence-electron chi connectivity index (χ3n) is 5.11. The van der Waals surface area contributed by atoms with E-state index in [4.69, 9.17) is 0 Å². The molecule has 1 aliphatic rings. The number of hydrogen-bond donors (Lipinski definition) is 2. The largest absolute Gasteiger partial charge is 0.506 e. The van der Waals surface area contributed by atoms with Gasteiger partial charge < -0.3 is 15.0 Å². The number of fused-ring (bicyclic) bond motifs is 1. The number of phenols is 1. The minimum atomic E-state index is -0.0923. The molecule has 26 heavy (non-hydrogen) atoms. The highest BCUT2D eigenvalue weighted by atomic mass is 16.3. The minimum Gasteiger partial charge on any atom is -0.506 e. The molecular weight excluding hydrogens is 328 g/mol. The van der Waals surface area contributed by atoms with Crippen molar-refractivity contribution in [2.75, 3.05) is 31.1 Å². The Kier molecular flexibility index (Phi) is 4.34. The number of aromatic amines is 1. The van der Waals surface area contributed by atoms with Crippen LogP contribution in [0.15, 0.2) is 53.3 Å². The van der Waals surface area contributed by atoms with Gasteiger partial charge in [0, 0.05) is 26.2 Å². The number of hydrogen-bond acceptors (Lipinski definition) is 5. The molecular formula is C20H22N4O2. The normalized spacial score (nSPS) is 16.7. The number of nitrogens with zero attached hydrogens (tertiary/aromatic N) is 3. The van der Waals surface area contributed by atoms with Gasteiger partial charge in [-0.15, -0.1) is 0 Å². The summed E-state index contributed by atoms with van der Waals surface area (Å²) < 4.78 is 0. The molecule has 1 fully saturated rings. The smallest absolute Gasteiger partial charge is 0.258 e. The van der Waals surface area contributed by atoms with E-state index in [1.54, 1.807) is 12.1 Å². The van der Waals surface area contributed by atoms with Gasteiger partial charge in [0.2, 0.25) is 0 Å². The summed E-state index contributed by atoms with van der Waals surface area (Å²) in [6.07, 6.45) is 0. The molecule has 0 spiro atoms. The van der Waals surface area contributed by atoms with Crippen molar-refractivity contribution in [2.45, 2.75) is 13.0 Å². The highest BCUT2D eigenvalue weighted by Crippen LogP contribution is 2.28. The number of aromatic nitrogens is 2. The van der Waals surface area contributed by atoms with Crippen molar-refractivity contribution in [1.29, 1.82) is 0 Å². The van der Waals surface area contributed by atoms with E-state index in [9.17, 15) is 9.90 Å². The van der Waals surface area contributed by atoms with Gasteiger partial charge in [-0.3, -0.25) is 9.69 Å². The first kappa shape index (κ1) is 16.6. The zero-order valence-electron chi connectivity index (χ0n) is 14.7. The summed E-state index contributed by atoms with van der Waals surface area (Å²) in [4.78, 5) is 24.4. The molecule has 3 aromatic rings. The molecule has 0 aliphatic carbocycles. The number of anilines is 1. The number of benzene rings is 2. The zero-order valence-corrected chi connectivity index (χ0v) is 14.7. The van der Waals surface area contributed by atoms with Crippen molar-refractivity contribution in [2.24, 2.45) is 0 Å². The lowest BCUT2D eigenvalue weighted by Crippen LogP contribution is -2.47. The van der Waals surface area contributed by atoms with E-state index in [0.717, 1.165) is 37.4 Å². The molecule has 0 amide bonds. The Morgan fingerprint density at radius 2 is 1.73 bits per heavy atom. The van der Waals surface area contributed by atoms with Crippen LogP contribution in [0, 0.1) is 0 Å². The predicted octanol–water partition coefficient (Wildman–Crippen LogP) is 2.51. The van der Waals surface area contributed by atoms with Crippen LogP contribution in [-0.2, 0) is 0 Å². The van der Waals surface area contributed by atoms with Gasteiger partial charge >= 0.3 is 0 Å². The zero-order chi connectivity index (χ0) is 18.1. The Hall–Kier alpha value is -2.86. The van der Waals surface area contributed by atoms with Crippen molar-refractivity contribution in [3.63, 3.8) is 0 Å². The Morgan fingerprint density at radius 1 is 1.04 bits per heavy atom. The van der Waals surface area contributed by atoms with Crippen molar-refractivity contribution in [1.82, 2.24) is 14.9 Å². The summed E-state index contributed by atoms with van der Waals surface area (Å²) in [5, 5.41) is 10.7. The molecule has 6 nitrogen and oxygen atoms in total. The van der Waals surface area contributed by atoms with Crippen LogP contribution in [0.1, 0.15) is 18.8 Å². The Balaban J connectivity index is 1.51. The molecule has 134 valence electrons. The summed E-state index contributed by atoms with van der Waals surface area (Å²) in [6.45, 7) is 5.39. The number of piperazine rings is 1. The fourth-order valence-electron chi connectivity index (χ4n) is 3.56. The number of nitrogens with one attached hydrogen (secondary N) is 1. The number of rotatable bonds is 3. The second-order valence-corrected chi connectivity index (χ2v) is 6.66. The van der Waals surface area contributed by atoms with Crippen LogP contribution < -0.4 is 10.5 Å². The molecule has 1 aromatic heterocycles. The van der Waals surface area contributed by atoms with Crippen molar-refractivity contribution >= 4 is 16.6 Å². The Morgan fingerprint density at radius 3 is 2.50 bits per heavy atom. The highest BCUT2D eigenvalue weighted by molar-refractivity contribution is 5.77. The molecule has 1 atom stereocenters. The molecule has 1 unspecified atom stereocenters. The Bertz CT molecular complexity index is 977. The van der Waals surface area contributed by atoms with Crippen molar-refractivity contribution < 1.29 is 5.11 Å². The Labute approximate surface area is 151 Å². The molecule has 0 bridgehead atoms. The van der Waals surface area contributed by atoms with E-state index in [2.05, 4.69) is 26.7 Å². The molecule has 6 heteroatoms. The first-order valence-corrected chi connectivity index (χ1v) is 8.89. The molecule has 4 rings (SSSR count). The maximum atomic E-state index is 12.3. The maximum absolute atomic E-state index is 12.3. The monoisotopic (exact) mass is 350 g/mol. The summed E-state index contributed by atoms with van der Waals surface area (Å²) >= 11 is 0. The lowest BCUT2D eigenvalue weighted by molar-refractivity contribution is 0.191. The van der Waals surface area contributed by atoms with E-state index < -0.39 is 0 Å². The van der Waals surface area contributed by atoms with Crippen LogP contribution >= 0.6 is 0 Å². The average Bonchev–Trinajstić information content (AvgIpc) is 2.68. The SMILES string of the molecule is CC(c1nc2ccccc2c(=O)[nH]1)N1CCN(c2ccccc2O)CC1. The van der Waals surface area contributed by atoms with Gasteiger partial charge in [0.15, 0.2) is 0 Å². The number of para-hydroxylation sites is 3. The third-order valence-corrected chi connectivity index (χ3v) is 5.11. The second-order valence-electron chi connectivity index (χ2n) is 6.66. The van der Waals surface area contributed by atoms with Gasteiger partial charge in [-0.2, -0.15) is 0 Å². The molecule has 1 saturated heterocycles. The summed E-state index contributed by atoms with van der Waals surface area (Å²) in [6, 6.07) is 14.9. The lowest BCUT2D eigenvalue weighted by Gasteiger charge is -2.38. The van der Waals surface area contributed by atoms with Crippen LogP contribution in [0.4, 0.5) is 5.69 Å². The van der Waals surface area contributed by atoms with E-state index in [0.29, 0.717) is 17.0 Å². The van der Waals surface area contributed by atoms with Crippen LogP contribution in [-0.4, -0.2) is 46.2 Å². The fraction of sp³-hybridized carbons (Fsp3) is 0.300. The van der Waals surface area contributed by atoms with E-state index in [1.165, 1.54) is 0 Å². The summed E-state index contributed by atoms with van der Waals surface area (Å²) in [7, 11) is 0.